The lowest BCUT2D eigenvalue weighted by molar-refractivity contribution is -0.132. The third-order valence-corrected chi connectivity index (χ3v) is 5.14. The Labute approximate surface area is 192 Å². The molecule has 1 fully saturated rings. The van der Waals surface area contributed by atoms with Gasteiger partial charge in [0, 0.05) is 31.6 Å². The number of benzene rings is 1. The molecule has 1 atom stereocenters. The molecule has 8 nitrogen and oxygen atoms in total. The lowest BCUT2D eigenvalue weighted by atomic mass is 10.0. The standard InChI is InChI=1S/C24H39N5O3/c1-24(2,3)32-23(31)27-20(22(30)29-15-6-7-16-29)17-18-9-11-19(12-10-18)21(25)26-13-8-14-28(4)5/h9-12,20H,6-8,13-17H2,1-5H3,(H2,25,26)(H,27,31). The molecule has 1 aromatic carbocycles. The van der Waals surface area contributed by atoms with Crippen molar-refractivity contribution in [2.45, 2.75) is 58.1 Å². The lowest BCUT2D eigenvalue weighted by Gasteiger charge is -2.26. The molecule has 0 aromatic heterocycles. The summed E-state index contributed by atoms with van der Waals surface area (Å²) >= 11 is 0. The second-order valence-corrected chi connectivity index (χ2v) is 9.56. The van der Waals surface area contributed by atoms with Gasteiger partial charge in [0.05, 0.1) is 0 Å². The summed E-state index contributed by atoms with van der Waals surface area (Å²) in [6.45, 7) is 8.50. The average molecular weight is 446 g/mol. The molecule has 2 amide bonds. The van der Waals surface area contributed by atoms with Crippen LogP contribution in [0.2, 0.25) is 0 Å². The van der Waals surface area contributed by atoms with Crippen LogP contribution in [0.4, 0.5) is 4.79 Å². The summed E-state index contributed by atoms with van der Waals surface area (Å²) < 4.78 is 5.37. The molecule has 32 heavy (non-hydrogen) atoms. The Morgan fingerprint density at radius 3 is 2.38 bits per heavy atom. The fourth-order valence-corrected chi connectivity index (χ4v) is 3.53. The number of hydrogen-bond acceptors (Lipinski definition) is 5. The fourth-order valence-electron chi connectivity index (χ4n) is 3.53. The molecule has 178 valence electrons. The van der Waals surface area contributed by atoms with Crippen LogP contribution in [0.5, 0.6) is 0 Å². The highest BCUT2D eigenvalue weighted by atomic mass is 16.6. The Kier molecular flexibility index (Phi) is 9.50. The highest BCUT2D eigenvalue weighted by Gasteiger charge is 2.29. The summed E-state index contributed by atoms with van der Waals surface area (Å²) in [6, 6.07) is 7.00. The molecule has 1 aliphatic heterocycles. The summed E-state index contributed by atoms with van der Waals surface area (Å²) in [4.78, 5) is 33.8. The van der Waals surface area contributed by atoms with Crippen LogP contribution in [0.25, 0.3) is 0 Å². The summed E-state index contributed by atoms with van der Waals surface area (Å²) in [5.74, 6) is 0.436. The number of nitrogens with zero attached hydrogens (tertiary/aromatic N) is 3. The van der Waals surface area contributed by atoms with E-state index in [1.165, 1.54) is 0 Å². The van der Waals surface area contributed by atoms with Crippen molar-refractivity contribution in [3.63, 3.8) is 0 Å². The zero-order valence-corrected chi connectivity index (χ0v) is 20.2. The maximum Gasteiger partial charge on any atom is 0.408 e. The van der Waals surface area contributed by atoms with Crippen molar-refractivity contribution in [3.8, 4) is 0 Å². The number of ether oxygens (including phenoxy) is 1. The zero-order valence-electron chi connectivity index (χ0n) is 20.2. The molecular weight excluding hydrogens is 406 g/mol. The van der Waals surface area contributed by atoms with Crippen molar-refractivity contribution in [2.24, 2.45) is 10.7 Å². The van der Waals surface area contributed by atoms with Gasteiger partial charge >= 0.3 is 6.09 Å². The molecule has 1 aromatic rings. The van der Waals surface area contributed by atoms with Crippen LogP contribution >= 0.6 is 0 Å². The van der Waals surface area contributed by atoms with Gasteiger partial charge in [0.2, 0.25) is 5.91 Å². The topological polar surface area (TPSA) is 100 Å². The first-order chi connectivity index (χ1) is 15.0. The highest BCUT2D eigenvalue weighted by Crippen LogP contribution is 2.14. The fraction of sp³-hybridized carbons (Fsp3) is 0.625. The first-order valence-corrected chi connectivity index (χ1v) is 11.4. The maximum absolute atomic E-state index is 13.0. The predicted molar refractivity (Wildman–Crippen MR) is 128 cm³/mol. The van der Waals surface area contributed by atoms with Crippen LogP contribution in [-0.4, -0.2) is 79.6 Å². The molecule has 2 rings (SSSR count). The molecule has 0 saturated carbocycles. The van der Waals surface area contributed by atoms with Crippen LogP contribution < -0.4 is 11.1 Å². The Morgan fingerprint density at radius 1 is 1.19 bits per heavy atom. The molecule has 0 aliphatic carbocycles. The molecular formula is C24H39N5O3. The summed E-state index contributed by atoms with van der Waals surface area (Å²) in [5, 5.41) is 2.77. The number of carbonyl (C=O) groups is 2. The van der Waals surface area contributed by atoms with E-state index in [2.05, 4.69) is 15.2 Å². The third kappa shape index (κ3) is 8.86. The van der Waals surface area contributed by atoms with Gasteiger partial charge in [-0.2, -0.15) is 0 Å². The lowest BCUT2D eigenvalue weighted by Crippen LogP contribution is -2.50. The van der Waals surface area contributed by atoms with Gasteiger partial charge in [-0.1, -0.05) is 24.3 Å². The van der Waals surface area contributed by atoms with Crippen LogP contribution in [0, 0.1) is 0 Å². The number of nitrogens with two attached hydrogens (primary N) is 1. The van der Waals surface area contributed by atoms with Gasteiger partial charge in [-0.15, -0.1) is 0 Å². The molecule has 0 spiro atoms. The smallest absolute Gasteiger partial charge is 0.408 e. The zero-order chi connectivity index (χ0) is 23.7. The van der Waals surface area contributed by atoms with Gasteiger partial charge in [-0.3, -0.25) is 9.79 Å². The molecule has 8 heteroatoms. The minimum Gasteiger partial charge on any atom is -0.444 e. The summed E-state index contributed by atoms with van der Waals surface area (Å²) in [7, 11) is 4.07. The van der Waals surface area contributed by atoms with E-state index in [4.69, 9.17) is 10.5 Å². The average Bonchev–Trinajstić information content (AvgIpc) is 3.24. The Bertz CT molecular complexity index is 778. The van der Waals surface area contributed by atoms with E-state index in [1.54, 1.807) is 20.8 Å². The van der Waals surface area contributed by atoms with Gasteiger partial charge in [-0.25, -0.2) is 4.79 Å². The van der Waals surface area contributed by atoms with Gasteiger partial charge in [0.25, 0.3) is 0 Å². The predicted octanol–water partition coefficient (Wildman–Crippen LogP) is 2.40. The second kappa shape index (κ2) is 11.9. The molecule has 1 heterocycles. The van der Waals surface area contributed by atoms with Crippen molar-refractivity contribution in [3.05, 3.63) is 35.4 Å². The van der Waals surface area contributed by atoms with Crippen molar-refractivity contribution in [1.29, 1.82) is 0 Å². The SMILES string of the molecule is CN(C)CCCN=C(N)c1ccc(CC(NC(=O)OC(C)(C)C)C(=O)N2CCCC2)cc1. The number of hydrogen-bond donors (Lipinski definition) is 2. The number of carbonyl (C=O) groups excluding carboxylic acids is 2. The Morgan fingerprint density at radius 2 is 1.81 bits per heavy atom. The second-order valence-electron chi connectivity index (χ2n) is 9.56. The van der Waals surface area contributed by atoms with E-state index in [1.807, 2.05) is 43.3 Å². The van der Waals surface area contributed by atoms with E-state index < -0.39 is 17.7 Å². The number of likely N-dealkylation sites (tertiary alicyclic amines) is 1. The minimum atomic E-state index is -0.675. The van der Waals surface area contributed by atoms with Crippen molar-refractivity contribution >= 4 is 17.8 Å². The van der Waals surface area contributed by atoms with Crippen LogP contribution in [0.15, 0.2) is 29.3 Å². The monoisotopic (exact) mass is 445 g/mol. The Balaban J connectivity index is 2.05. The number of amides is 2. The first kappa shape index (κ1) is 25.6. The largest absolute Gasteiger partial charge is 0.444 e. The van der Waals surface area contributed by atoms with Gasteiger partial charge in [0.1, 0.15) is 17.5 Å². The molecule has 1 saturated heterocycles. The van der Waals surface area contributed by atoms with Gasteiger partial charge in [0.15, 0.2) is 0 Å². The van der Waals surface area contributed by atoms with E-state index in [9.17, 15) is 9.59 Å². The highest BCUT2D eigenvalue weighted by molar-refractivity contribution is 5.97. The number of alkyl carbamates (subject to hydrolysis) is 1. The molecule has 3 N–H and O–H groups in total. The maximum atomic E-state index is 13.0. The number of amidine groups is 1. The molecule has 1 unspecified atom stereocenters. The van der Waals surface area contributed by atoms with Crippen molar-refractivity contribution in [1.82, 2.24) is 15.1 Å². The normalized spacial score (nSPS) is 15.7. The van der Waals surface area contributed by atoms with Gasteiger partial charge < -0.3 is 25.6 Å². The minimum absolute atomic E-state index is 0.0700. The Hall–Kier alpha value is -2.61. The van der Waals surface area contributed by atoms with Crippen molar-refractivity contribution < 1.29 is 14.3 Å². The van der Waals surface area contributed by atoms with Crippen molar-refractivity contribution in [2.75, 3.05) is 40.3 Å². The first-order valence-electron chi connectivity index (χ1n) is 11.4. The molecule has 0 radical (unpaired) electrons. The van der Waals surface area contributed by atoms with E-state index in [0.29, 0.717) is 18.8 Å². The van der Waals surface area contributed by atoms with Crippen LogP contribution in [0.1, 0.15) is 51.2 Å². The van der Waals surface area contributed by atoms with E-state index in [-0.39, 0.29) is 5.91 Å². The number of rotatable bonds is 9. The third-order valence-electron chi connectivity index (χ3n) is 5.14. The quantitative estimate of drug-likeness (QED) is 0.345. The van der Waals surface area contributed by atoms with Crippen LogP contribution in [0.3, 0.4) is 0 Å². The van der Waals surface area contributed by atoms with Gasteiger partial charge in [-0.05, 0) is 66.2 Å². The van der Waals surface area contributed by atoms with Crippen LogP contribution in [-0.2, 0) is 16.0 Å². The van der Waals surface area contributed by atoms with E-state index in [0.717, 1.165) is 50.0 Å². The number of nitrogens with one attached hydrogen (secondary N) is 1. The number of aliphatic imine (C=N–C) groups is 1. The van der Waals surface area contributed by atoms with E-state index >= 15 is 0 Å². The molecule has 1 aliphatic rings. The molecule has 0 bridgehead atoms. The summed E-state index contributed by atoms with van der Waals surface area (Å²) in [6.07, 6.45) is 2.73. The summed E-state index contributed by atoms with van der Waals surface area (Å²) in [5.41, 5.74) is 7.27.